The van der Waals surface area contributed by atoms with Gasteiger partial charge in [0.05, 0.1) is 5.69 Å². The number of hydrogen-bond acceptors (Lipinski definition) is 3. The molecule has 4 rings (SSSR count). The highest BCUT2D eigenvalue weighted by molar-refractivity contribution is 5.55. The number of benzene rings is 1. The van der Waals surface area contributed by atoms with E-state index in [9.17, 15) is 0 Å². The second kappa shape index (κ2) is 4.23. The first-order valence-electron chi connectivity index (χ1n) is 6.74. The molecule has 3 heterocycles. The third kappa shape index (κ3) is 1.75. The second-order valence-corrected chi connectivity index (χ2v) is 4.97. The molecule has 4 nitrogen and oxygen atoms in total. The van der Waals surface area contributed by atoms with Crippen LogP contribution in [0.4, 0.5) is 5.82 Å². The third-order valence-corrected chi connectivity index (χ3v) is 3.79. The molecule has 0 bridgehead atoms. The molecule has 2 aromatic rings. The second-order valence-electron chi connectivity index (χ2n) is 4.97. The maximum absolute atomic E-state index is 5.45. The molecular formula is C15H16N2O2. The van der Waals surface area contributed by atoms with E-state index >= 15 is 0 Å². The maximum atomic E-state index is 5.45. The minimum atomic E-state index is 0.323. The number of nitrogens with zero attached hydrogens (tertiary/aromatic N) is 2. The summed E-state index contributed by atoms with van der Waals surface area (Å²) in [7, 11) is 0. The highest BCUT2D eigenvalue weighted by atomic mass is 16.7. The number of ether oxygens (including phenoxy) is 2. The van der Waals surface area contributed by atoms with Crippen molar-refractivity contribution < 1.29 is 9.47 Å². The van der Waals surface area contributed by atoms with E-state index in [1.54, 1.807) is 0 Å². The van der Waals surface area contributed by atoms with Gasteiger partial charge in [0.1, 0.15) is 5.82 Å². The summed E-state index contributed by atoms with van der Waals surface area (Å²) >= 11 is 0. The van der Waals surface area contributed by atoms with Gasteiger partial charge in [-0.05, 0) is 37.1 Å². The zero-order valence-electron chi connectivity index (χ0n) is 10.7. The Morgan fingerprint density at radius 1 is 0.947 bits per heavy atom. The summed E-state index contributed by atoms with van der Waals surface area (Å²) in [5.74, 6) is 2.92. The van der Waals surface area contributed by atoms with Gasteiger partial charge in [-0.15, -0.1) is 0 Å². The van der Waals surface area contributed by atoms with E-state index in [0.717, 1.165) is 30.3 Å². The van der Waals surface area contributed by atoms with Crippen molar-refractivity contribution in [2.75, 3.05) is 24.8 Å². The molecule has 0 spiro atoms. The van der Waals surface area contributed by atoms with E-state index < -0.39 is 0 Å². The Labute approximate surface area is 112 Å². The van der Waals surface area contributed by atoms with Gasteiger partial charge in [0.15, 0.2) is 11.5 Å². The third-order valence-electron chi connectivity index (χ3n) is 3.79. The van der Waals surface area contributed by atoms with Crippen LogP contribution in [-0.4, -0.2) is 24.4 Å². The van der Waals surface area contributed by atoms with E-state index in [-0.39, 0.29) is 0 Å². The topological polar surface area (TPSA) is 26.6 Å². The van der Waals surface area contributed by atoms with Crippen LogP contribution in [0.1, 0.15) is 12.8 Å². The molecule has 0 radical (unpaired) electrons. The molecule has 0 atom stereocenters. The quantitative estimate of drug-likeness (QED) is 0.826. The number of hydrogen-bond donors (Lipinski definition) is 0. The van der Waals surface area contributed by atoms with Crippen molar-refractivity contribution in [3.05, 3.63) is 36.5 Å². The van der Waals surface area contributed by atoms with Crippen molar-refractivity contribution in [2.45, 2.75) is 12.8 Å². The van der Waals surface area contributed by atoms with Gasteiger partial charge in [-0.3, -0.25) is 0 Å². The lowest BCUT2D eigenvalue weighted by molar-refractivity contribution is 0.174. The van der Waals surface area contributed by atoms with Gasteiger partial charge in [-0.25, -0.2) is 0 Å². The lowest BCUT2D eigenvalue weighted by Gasteiger charge is -2.20. The molecule has 0 saturated carbocycles. The lowest BCUT2D eigenvalue weighted by Crippen LogP contribution is -2.20. The zero-order valence-corrected chi connectivity index (χ0v) is 10.7. The van der Waals surface area contributed by atoms with Gasteiger partial charge in [-0.1, -0.05) is 0 Å². The van der Waals surface area contributed by atoms with E-state index in [2.05, 4.69) is 33.9 Å². The van der Waals surface area contributed by atoms with Gasteiger partial charge in [0.2, 0.25) is 6.79 Å². The molecule has 1 aromatic heterocycles. The largest absolute Gasteiger partial charge is 0.454 e. The molecule has 0 aliphatic carbocycles. The summed E-state index contributed by atoms with van der Waals surface area (Å²) in [6.45, 7) is 2.62. The molecule has 0 amide bonds. The molecule has 1 saturated heterocycles. The van der Waals surface area contributed by atoms with E-state index in [1.807, 2.05) is 12.1 Å². The minimum Gasteiger partial charge on any atom is -0.454 e. The Morgan fingerprint density at radius 2 is 1.79 bits per heavy atom. The molecule has 2 aliphatic heterocycles. The Morgan fingerprint density at radius 3 is 2.68 bits per heavy atom. The number of aromatic nitrogens is 1. The van der Waals surface area contributed by atoms with Crippen LogP contribution in [0.2, 0.25) is 0 Å². The van der Waals surface area contributed by atoms with E-state index in [4.69, 9.17) is 9.47 Å². The number of anilines is 1. The van der Waals surface area contributed by atoms with Crippen LogP contribution in [-0.2, 0) is 0 Å². The fraction of sp³-hybridized carbons (Fsp3) is 0.333. The Bertz CT molecular complexity index is 600. The van der Waals surface area contributed by atoms with Gasteiger partial charge in [-0.2, -0.15) is 0 Å². The maximum Gasteiger partial charge on any atom is 0.231 e. The number of rotatable bonds is 2. The van der Waals surface area contributed by atoms with Crippen LogP contribution in [0.15, 0.2) is 36.5 Å². The van der Waals surface area contributed by atoms with Crippen LogP contribution in [0.3, 0.4) is 0 Å². The van der Waals surface area contributed by atoms with Crippen LogP contribution in [0.25, 0.3) is 5.69 Å². The molecule has 98 valence electrons. The average molecular weight is 256 g/mol. The SMILES string of the molecule is c1cc(N2CCCC2)n(-c2ccc3c(c2)OCO3)c1. The number of fused-ring (bicyclic) bond motifs is 1. The summed E-state index contributed by atoms with van der Waals surface area (Å²) in [5, 5.41) is 0. The lowest BCUT2D eigenvalue weighted by atomic mass is 10.2. The van der Waals surface area contributed by atoms with Crippen LogP contribution < -0.4 is 14.4 Å². The minimum absolute atomic E-state index is 0.323. The average Bonchev–Trinajstić information content (AvgIpc) is 3.18. The van der Waals surface area contributed by atoms with Gasteiger partial charge >= 0.3 is 0 Å². The zero-order chi connectivity index (χ0) is 12.7. The summed E-state index contributed by atoms with van der Waals surface area (Å²) in [5.41, 5.74) is 1.12. The first kappa shape index (κ1) is 10.8. The first-order chi connectivity index (χ1) is 9.42. The smallest absolute Gasteiger partial charge is 0.231 e. The molecule has 0 unspecified atom stereocenters. The van der Waals surface area contributed by atoms with Crippen molar-refractivity contribution in [2.24, 2.45) is 0 Å². The fourth-order valence-electron chi connectivity index (χ4n) is 2.83. The van der Waals surface area contributed by atoms with Gasteiger partial charge in [0.25, 0.3) is 0 Å². The molecule has 0 N–H and O–H groups in total. The summed E-state index contributed by atoms with van der Waals surface area (Å²) in [6.07, 6.45) is 4.67. The normalized spacial score (nSPS) is 17.2. The highest BCUT2D eigenvalue weighted by Gasteiger charge is 2.18. The van der Waals surface area contributed by atoms with Crippen molar-refractivity contribution in [1.29, 1.82) is 0 Å². The first-order valence-corrected chi connectivity index (χ1v) is 6.74. The Hall–Kier alpha value is -2.10. The Kier molecular flexibility index (Phi) is 2.40. The molecule has 2 aliphatic rings. The van der Waals surface area contributed by atoms with Gasteiger partial charge in [0, 0.05) is 25.4 Å². The molecule has 1 aromatic carbocycles. The predicted octanol–water partition coefficient (Wildman–Crippen LogP) is 2.81. The monoisotopic (exact) mass is 256 g/mol. The molecule has 19 heavy (non-hydrogen) atoms. The fourth-order valence-corrected chi connectivity index (χ4v) is 2.83. The van der Waals surface area contributed by atoms with Crippen LogP contribution in [0, 0.1) is 0 Å². The van der Waals surface area contributed by atoms with E-state index in [0.29, 0.717) is 6.79 Å². The summed E-state index contributed by atoms with van der Waals surface area (Å²) in [6, 6.07) is 10.4. The Balaban J connectivity index is 1.74. The van der Waals surface area contributed by atoms with Gasteiger partial charge < -0.3 is 18.9 Å². The predicted molar refractivity (Wildman–Crippen MR) is 73.3 cm³/mol. The molecule has 1 fully saturated rings. The molecule has 4 heteroatoms. The summed E-state index contributed by atoms with van der Waals surface area (Å²) in [4.78, 5) is 2.44. The van der Waals surface area contributed by atoms with Crippen LogP contribution >= 0.6 is 0 Å². The van der Waals surface area contributed by atoms with Crippen molar-refractivity contribution in [3.63, 3.8) is 0 Å². The van der Waals surface area contributed by atoms with Crippen LogP contribution in [0.5, 0.6) is 11.5 Å². The van der Waals surface area contributed by atoms with Crippen molar-refractivity contribution >= 4 is 5.82 Å². The van der Waals surface area contributed by atoms with Crippen molar-refractivity contribution in [1.82, 2.24) is 4.57 Å². The van der Waals surface area contributed by atoms with E-state index in [1.165, 1.54) is 18.7 Å². The highest BCUT2D eigenvalue weighted by Crippen LogP contribution is 2.35. The summed E-state index contributed by atoms with van der Waals surface area (Å²) < 4.78 is 13.0. The van der Waals surface area contributed by atoms with Crippen molar-refractivity contribution in [3.8, 4) is 17.2 Å². The standard InChI is InChI=1S/C15H16N2O2/c1-2-8-16(7-1)15-4-3-9-17(15)12-5-6-13-14(10-12)19-11-18-13/h3-6,9-10H,1-2,7-8,11H2. The molecular weight excluding hydrogens is 240 g/mol.